The minimum Gasteiger partial charge on any atom is -0.563 e. The van der Waals surface area contributed by atoms with E-state index in [0.29, 0.717) is 0 Å². The lowest BCUT2D eigenvalue weighted by Gasteiger charge is -2.14. The van der Waals surface area contributed by atoms with Gasteiger partial charge >= 0.3 is 7.48 Å². The summed E-state index contributed by atoms with van der Waals surface area (Å²) in [4.78, 5) is 0. The smallest absolute Gasteiger partial charge is 0.369 e. The van der Waals surface area contributed by atoms with Crippen LogP contribution in [-0.2, 0) is 6.42 Å². The number of hydrogen-bond donors (Lipinski definition) is 0. The van der Waals surface area contributed by atoms with Gasteiger partial charge in [0, 0.05) is 5.56 Å². The molecule has 16 heavy (non-hydrogen) atoms. The summed E-state index contributed by atoms with van der Waals surface area (Å²) >= 11 is 0. The van der Waals surface area contributed by atoms with Gasteiger partial charge in [-0.15, -0.1) is 0 Å². The summed E-state index contributed by atoms with van der Waals surface area (Å²) < 4.78 is 5.58. The van der Waals surface area contributed by atoms with Crippen LogP contribution in [0, 0.1) is 0 Å². The van der Waals surface area contributed by atoms with Gasteiger partial charge in [-0.3, -0.25) is 0 Å². The Morgan fingerprint density at radius 2 is 1.88 bits per heavy atom. The topological polar surface area (TPSA) is 9.23 Å². The number of hydrogen-bond acceptors (Lipinski definition) is 1. The van der Waals surface area contributed by atoms with Crippen molar-refractivity contribution in [1.82, 2.24) is 0 Å². The summed E-state index contributed by atoms with van der Waals surface area (Å²) in [5, 5.41) is 0. The Morgan fingerprint density at radius 3 is 2.38 bits per heavy atom. The number of aryl methyl sites for hydroxylation is 1. The van der Waals surface area contributed by atoms with Gasteiger partial charge in [0.1, 0.15) is 5.75 Å². The number of benzene rings is 1. The average molecular weight is 213 g/mol. The van der Waals surface area contributed by atoms with E-state index < -0.39 is 0 Å². The fraction of sp³-hybridized carbons (Fsp3) is 0.286. The third-order valence-electron chi connectivity index (χ3n) is 2.50. The lowest BCUT2D eigenvalue weighted by Crippen LogP contribution is -2.03. The lowest BCUT2D eigenvalue weighted by molar-refractivity contribution is 0.592. The highest BCUT2D eigenvalue weighted by molar-refractivity contribution is 6.28. The first-order valence-corrected chi connectivity index (χ1v) is 5.67. The molecule has 0 saturated heterocycles. The van der Waals surface area contributed by atoms with E-state index in [1.165, 1.54) is 5.56 Å². The van der Waals surface area contributed by atoms with Crippen molar-refractivity contribution < 1.29 is 4.65 Å². The van der Waals surface area contributed by atoms with Gasteiger partial charge in [-0.05, 0) is 29.9 Å². The SMILES string of the molecule is C=Cc1c(CC)ccc(O[B]CC)c1C=C. The monoisotopic (exact) mass is 213 g/mol. The maximum atomic E-state index is 5.58. The van der Waals surface area contributed by atoms with E-state index in [0.717, 1.165) is 29.6 Å². The molecule has 1 rings (SSSR count). The van der Waals surface area contributed by atoms with E-state index in [4.69, 9.17) is 4.65 Å². The fourth-order valence-corrected chi connectivity index (χ4v) is 1.70. The van der Waals surface area contributed by atoms with E-state index in [2.05, 4.69) is 26.1 Å². The van der Waals surface area contributed by atoms with E-state index >= 15 is 0 Å². The Labute approximate surface area is 99.1 Å². The van der Waals surface area contributed by atoms with Crippen molar-refractivity contribution in [1.29, 1.82) is 0 Å². The number of rotatable bonds is 6. The van der Waals surface area contributed by atoms with Crippen molar-refractivity contribution >= 4 is 19.6 Å². The highest BCUT2D eigenvalue weighted by Crippen LogP contribution is 2.28. The van der Waals surface area contributed by atoms with Crippen LogP contribution in [0.5, 0.6) is 5.75 Å². The maximum Gasteiger partial charge on any atom is 0.369 e. The molecule has 0 amide bonds. The molecule has 0 N–H and O–H groups in total. The second-order valence-electron chi connectivity index (χ2n) is 3.50. The Balaban J connectivity index is 3.20. The summed E-state index contributed by atoms with van der Waals surface area (Å²) in [5.74, 6) is 0.851. The normalized spacial score (nSPS) is 9.62. The van der Waals surface area contributed by atoms with Gasteiger partial charge < -0.3 is 4.65 Å². The minimum atomic E-state index is 0.851. The zero-order valence-corrected chi connectivity index (χ0v) is 10.1. The van der Waals surface area contributed by atoms with Gasteiger partial charge in [0.15, 0.2) is 0 Å². The largest absolute Gasteiger partial charge is 0.563 e. The van der Waals surface area contributed by atoms with E-state index in [-0.39, 0.29) is 0 Å². The predicted molar refractivity (Wildman–Crippen MR) is 72.9 cm³/mol. The van der Waals surface area contributed by atoms with Crippen molar-refractivity contribution in [3.8, 4) is 5.75 Å². The Kier molecular flexibility index (Phi) is 4.91. The van der Waals surface area contributed by atoms with Crippen LogP contribution >= 0.6 is 0 Å². The van der Waals surface area contributed by atoms with Crippen LogP contribution in [0.15, 0.2) is 25.3 Å². The van der Waals surface area contributed by atoms with Crippen LogP contribution in [0.25, 0.3) is 12.2 Å². The molecule has 1 nitrogen and oxygen atoms in total. The predicted octanol–water partition coefficient (Wildman–Crippen LogP) is 3.97. The van der Waals surface area contributed by atoms with Crippen LogP contribution in [-0.4, -0.2) is 7.48 Å². The first kappa shape index (κ1) is 12.6. The summed E-state index contributed by atoms with van der Waals surface area (Å²) in [7, 11) is 1.79. The zero-order chi connectivity index (χ0) is 12.0. The van der Waals surface area contributed by atoms with Gasteiger partial charge in [0.25, 0.3) is 0 Å². The van der Waals surface area contributed by atoms with Gasteiger partial charge in [0.2, 0.25) is 0 Å². The molecule has 0 aliphatic heterocycles. The minimum absolute atomic E-state index is 0.851. The van der Waals surface area contributed by atoms with Crippen LogP contribution in [0.3, 0.4) is 0 Å². The van der Waals surface area contributed by atoms with Crippen molar-refractivity contribution in [2.24, 2.45) is 0 Å². The molecule has 0 aliphatic rings. The van der Waals surface area contributed by atoms with Gasteiger partial charge in [0.05, 0.1) is 0 Å². The molecule has 0 heterocycles. The average Bonchev–Trinajstić information content (AvgIpc) is 2.34. The molecule has 0 aromatic heterocycles. The van der Waals surface area contributed by atoms with Crippen molar-refractivity contribution in [2.75, 3.05) is 0 Å². The van der Waals surface area contributed by atoms with Gasteiger partial charge in [-0.2, -0.15) is 0 Å². The van der Waals surface area contributed by atoms with Crippen LogP contribution < -0.4 is 4.65 Å². The van der Waals surface area contributed by atoms with Gasteiger partial charge in [-0.25, -0.2) is 0 Å². The van der Waals surface area contributed by atoms with Crippen LogP contribution in [0.2, 0.25) is 6.32 Å². The molecule has 1 aromatic carbocycles. The fourth-order valence-electron chi connectivity index (χ4n) is 1.70. The summed E-state index contributed by atoms with van der Waals surface area (Å²) in [5.41, 5.74) is 3.42. The molecule has 0 atom stereocenters. The van der Waals surface area contributed by atoms with E-state index in [1.807, 2.05) is 25.1 Å². The Bertz CT molecular complexity index is 383. The lowest BCUT2D eigenvalue weighted by atomic mass is 9.94. The van der Waals surface area contributed by atoms with Crippen LogP contribution in [0.4, 0.5) is 0 Å². The van der Waals surface area contributed by atoms with E-state index in [1.54, 1.807) is 7.48 Å². The third-order valence-corrected chi connectivity index (χ3v) is 2.50. The summed E-state index contributed by atoms with van der Waals surface area (Å²) in [6.45, 7) is 11.9. The third kappa shape index (κ3) is 2.57. The molecule has 0 unspecified atom stereocenters. The molecule has 0 spiro atoms. The van der Waals surface area contributed by atoms with Crippen LogP contribution in [0.1, 0.15) is 30.5 Å². The van der Waals surface area contributed by atoms with Crippen molar-refractivity contribution in [2.45, 2.75) is 26.6 Å². The molecule has 2 heteroatoms. The maximum absolute atomic E-state index is 5.58. The quantitative estimate of drug-likeness (QED) is 0.649. The van der Waals surface area contributed by atoms with Gasteiger partial charge in [-0.1, -0.05) is 45.2 Å². The molecule has 83 valence electrons. The highest BCUT2D eigenvalue weighted by atomic mass is 16.4. The summed E-state index contributed by atoms with van der Waals surface area (Å²) in [6.07, 6.45) is 5.57. The second-order valence-corrected chi connectivity index (χ2v) is 3.50. The second kappa shape index (κ2) is 6.21. The molecule has 1 radical (unpaired) electrons. The standard InChI is InChI=1S/C14H18BO/c1-5-11-9-10-14(16-15-8-4)13(7-3)12(11)6-2/h6-7,9-10H,2-3,5,8H2,1,4H3. The Hall–Kier alpha value is -1.44. The van der Waals surface area contributed by atoms with Crippen molar-refractivity contribution in [3.05, 3.63) is 42.0 Å². The molecular formula is C14H18BO. The summed E-state index contributed by atoms with van der Waals surface area (Å²) in [6, 6.07) is 4.08. The van der Waals surface area contributed by atoms with Crippen molar-refractivity contribution in [3.63, 3.8) is 0 Å². The Morgan fingerprint density at radius 1 is 1.19 bits per heavy atom. The van der Waals surface area contributed by atoms with E-state index in [9.17, 15) is 0 Å². The molecule has 0 fully saturated rings. The molecule has 0 aliphatic carbocycles. The molecule has 0 saturated carbocycles. The molecular weight excluding hydrogens is 195 g/mol. The highest BCUT2D eigenvalue weighted by Gasteiger charge is 2.08. The zero-order valence-electron chi connectivity index (χ0n) is 10.1. The molecule has 1 aromatic rings. The molecule has 0 bridgehead atoms. The first-order valence-electron chi connectivity index (χ1n) is 5.67. The first-order chi connectivity index (χ1) is 7.78.